The fraction of sp³-hybridized carbons (Fsp3) is 0.462. The molecule has 1 heterocycles. The minimum Gasteiger partial charge on any atom is -0.311 e. The van der Waals surface area contributed by atoms with Gasteiger partial charge in [0.15, 0.2) is 0 Å². The van der Waals surface area contributed by atoms with Gasteiger partial charge in [0, 0.05) is 12.2 Å². The van der Waals surface area contributed by atoms with Crippen molar-refractivity contribution in [3.63, 3.8) is 0 Å². The van der Waals surface area contributed by atoms with Crippen LogP contribution in [0.5, 0.6) is 0 Å². The molecular formula is C13H17FN2O. The molecule has 1 aliphatic rings. The molecule has 1 N–H and O–H groups in total. The van der Waals surface area contributed by atoms with E-state index < -0.39 is 5.54 Å². The molecule has 0 aliphatic carbocycles. The Balaban J connectivity index is 2.33. The van der Waals surface area contributed by atoms with Crippen molar-refractivity contribution >= 4 is 11.6 Å². The zero-order chi connectivity index (χ0) is 12.5. The molecule has 0 unspecified atom stereocenters. The summed E-state index contributed by atoms with van der Waals surface area (Å²) in [6.45, 7) is 5.13. The zero-order valence-electron chi connectivity index (χ0n) is 10.2. The summed E-state index contributed by atoms with van der Waals surface area (Å²) in [6, 6.07) is 6.18. The summed E-state index contributed by atoms with van der Waals surface area (Å²) < 4.78 is 13.2. The smallest absolute Gasteiger partial charge is 0.246 e. The van der Waals surface area contributed by atoms with Gasteiger partial charge in [-0.05, 0) is 45.0 Å². The Hall–Kier alpha value is -1.42. The molecule has 17 heavy (non-hydrogen) atoms. The predicted octanol–water partition coefficient (Wildman–Crippen LogP) is 1.93. The summed E-state index contributed by atoms with van der Waals surface area (Å²) in [6.07, 6.45) is 0.867. The van der Waals surface area contributed by atoms with Crippen LogP contribution in [0.25, 0.3) is 0 Å². The highest BCUT2D eigenvalue weighted by Gasteiger charge is 2.34. The van der Waals surface area contributed by atoms with Crippen molar-refractivity contribution in [1.29, 1.82) is 0 Å². The molecule has 0 radical (unpaired) electrons. The summed E-state index contributed by atoms with van der Waals surface area (Å²) in [4.78, 5) is 14.0. The number of nitrogens with zero attached hydrogens (tertiary/aromatic N) is 1. The topological polar surface area (TPSA) is 32.3 Å². The number of hydrogen-bond acceptors (Lipinski definition) is 2. The lowest BCUT2D eigenvalue weighted by Crippen LogP contribution is -2.51. The first-order valence-electron chi connectivity index (χ1n) is 5.83. The van der Waals surface area contributed by atoms with E-state index in [2.05, 4.69) is 5.32 Å². The number of anilines is 1. The van der Waals surface area contributed by atoms with Crippen LogP contribution < -0.4 is 10.2 Å². The third kappa shape index (κ3) is 2.47. The third-order valence-electron chi connectivity index (χ3n) is 3.03. The van der Waals surface area contributed by atoms with Crippen molar-refractivity contribution in [1.82, 2.24) is 5.32 Å². The fourth-order valence-corrected chi connectivity index (χ4v) is 2.04. The van der Waals surface area contributed by atoms with Crippen molar-refractivity contribution in [3.8, 4) is 0 Å². The molecule has 3 nitrogen and oxygen atoms in total. The van der Waals surface area contributed by atoms with Crippen LogP contribution in [0.15, 0.2) is 24.3 Å². The van der Waals surface area contributed by atoms with Crippen molar-refractivity contribution in [2.45, 2.75) is 25.8 Å². The van der Waals surface area contributed by atoms with Crippen LogP contribution >= 0.6 is 0 Å². The van der Waals surface area contributed by atoms with Gasteiger partial charge in [-0.1, -0.05) is 6.07 Å². The average molecular weight is 236 g/mol. The SMILES string of the molecule is CC1(C)NCCCN(c2cccc(F)c2)C1=O. The molecule has 1 aliphatic heterocycles. The van der Waals surface area contributed by atoms with E-state index in [9.17, 15) is 9.18 Å². The maximum Gasteiger partial charge on any atom is 0.246 e. The minimum atomic E-state index is -0.594. The van der Waals surface area contributed by atoms with Crippen molar-refractivity contribution in [2.24, 2.45) is 0 Å². The monoisotopic (exact) mass is 236 g/mol. The minimum absolute atomic E-state index is 0.0133. The quantitative estimate of drug-likeness (QED) is 0.808. The van der Waals surface area contributed by atoms with E-state index in [0.29, 0.717) is 12.2 Å². The molecule has 1 amide bonds. The highest BCUT2D eigenvalue weighted by Crippen LogP contribution is 2.21. The number of nitrogens with one attached hydrogen (secondary N) is 1. The predicted molar refractivity (Wildman–Crippen MR) is 65.5 cm³/mol. The van der Waals surface area contributed by atoms with Gasteiger partial charge < -0.3 is 10.2 Å². The van der Waals surface area contributed by atoms with E-state index in [1.54, 1.807) is 17.0 Å². The number of benzene rings is 1. The number of rotatable bonds is 1. The van der Waals surface area contributed by atoms with Crippen LogP contribution in [0.1, 0.15) is 20.3 Å². The first kappa shape index (κ1) is 12.0. The zero-order valence-corrected chi connectivity index (χ0v) is 10.2. The van der Waals surface area contributed by atoms with Crippen molar-refractivity contribution in [3.05, 3.63) is 30.1 Å². The normalized spacial score (nSPS) is 20.2. The standard InChI is InChI=1S/C13H17FN2O/c1-13(2)12(17)16(8-4-7-15-13)11-6-3-5-10(14)9-11/h3,5-6,9,15H,4,7-8H2,1-2H3. The summed E-state index contributed by atoms with van der Waals surface area (Å²) in [5, 5.41) is 3.20. The molecule has 4 heteroatoms. The maximum atomic E-state index is 13.2. The van der Waals surface area contributed by atoms with Gasteiger partial charge >= 0.3 is 0 Å². The number of halogens is 1. The molecule has 92 valence electrons. The van der Waals surface area contributed by atoms with Gasteiger partial charge in [-0.15, -0.1) is 0 Å². The Morgan fingerprint density at radius 2 is 2.18 bits per heavy atom. The lowest BCUT2D eigenvalue weighted by atomic mass is 10.0. The van der Waals surface area contributed by atoms with Gasteiger partial charge in [0.25, 0.3) is 0 Å². The molecule has 0 spiro atoms. The molecule has 1 aromatic carbocycles. The van der Waals surface area contributed by atoms with E-state index >= 15 is 0 Å². The molecule has 1 fully saturated rings. The second-order valence-corrected chi connectivity index (χ2v) is 4.84. The van der Waals surface area contributed by atoms with Gasteiger partial charge in [-0.2, -0.15) is 0 Å². The van der Waals surface area contributed by atoms with Gasteiger partial charge in [0.1, 0.15) is 5.82 Å². The first-order valence-corrected chi connectivity index (χ1v) is 5.83. The van der Waals surface area contributed by atoms with Crippen LogP contribution in [0.4, 0.5) is 10.1 Å². The van der Waals surface area contributed by atoms with E-state index in [0.717, 1.165) is 13.0 Å². The summed E-state index contributed by atoms with van der Waals surface area (Å²) >= 11 is 0. The van der Waals surface area contributed by atoms with Crippen LogP contribution in [0.3, 0.4) is 0 Å². The lowest BCUT2D eigenvalue weighted by Gasteiger charge is -2.29. The van der Waals surface area contributed by atoms with E-state index in [-0.39, 0.29) is 11.7 Å². The van der Waals surface area contributed by atoms with Gasteiger partial charge in [-0.25, -0.2) is 4.39 Å². The Kier molecular flexibility index (Phi) is 3.15. The number of hydrogen-bond donors (Lipinski definition) is 1. The molecule has 2 rings (SSSR count). The van der Waals surface area contributed by atoms with Crippen molar-refractivity contribution < 1.29 is 9.18 Å². The molecule has 1 aromatic rings. The molecule has 0 bridgehead atoms. The van der Waals surface area contributed by atoms with Crippen LogP contribution in [0.2, 0.25) is 0 Å². The van der Waals surface area contributed by atoms with Gasteiger partial charge in [0.05, 0.1) is 5.54 Å². The van der Waals surface area contributed by atoms with E-state index in [1.807, 2.05) is 13.8 Å². The Morgan fingerprint density at radius 1 is 1.41 bits per heavy atom. The van der Waals surface area contributed by atoms with E-state index in [4.69, 9.17) is 0 Å². The van der Waals surface area contributed by atoms with Crippen LogP contribution in [-0.4, -0.2) is 24.5 Å². The highest BCUT2D eigenvalue weighted by molar-refractivity contribution is 5.99. The second-order valence-electron chi connectivity index (χ2n) is 4.84. The first-order chi connectivity index (χ1) is 8.00. The van der Waals surface area contributed by atoms with E-state index in [1.165, 1.54) is 12.1 Å². The molecular weight excluding hydrogens is 219 g/mol. The molecule has 0 saturated carbocycles. The molecule has 0 atom stereocenters. The summed E-state index contributed by atoms with van der Waals surface area (Å²) in [5.74, 6) is -0.328. The fourth-order valence-electron chi connectivity index (χ4n) is 2.04. The largest absolute Gasteiger partial charge is 0.311 e. The summed E-state index contributed by atoms with van der Waals surface area (Å²) in [5.41, 5.74) is 0.0368. The number of amides is 1. The van der Waals surface area contributed by atoms with Crippen LogP contribution in [0, 0.1) is 5.82 Å². The maximum absolute atomic E-state index is 13.2. The molecule has 1 saturated heterocycles. The second kappa shape index (κ2) is 4.45. The Labute approximate surface area is 101 Å². The van der Waals surface area contributed by atoms with Crippen molar-refractivity contribution in [2.75, 3.05) is 18.0 Å². The Morgan fingerprint density at radius 3 is 2.88 bits per heavy atom. The molecule has 0 aromatic heterocycles. The van der Waals surface area contributed by atoms with Crippen LogP contribution in [-0.2, 0) is 4.79 Å². The lowest BCUT2D eigenvalue weighted by molar-refractivity contribution is -0.123. The third-order valence-corrected chi connectivity index (χ3v) is 3.03. The summed E-state index contributed by atoms with van der Waals surface area (Å²) in [7, 11) is 0. The number of carbonyl (C=O) groups is 1. The van der Waals surface area contributed by atoms with Gasteiger partial charge in [-0.3, -0.25) is 4.79 Å². The number of carbonyl (C=O) groups excluding carboxylic acids is 1. The highest BCUT2D eigenvalue weighted by atomic mass is 19.1. The Bertz CT molecular complexity index is 431. The average Bonchev–Trinajstić information content (AvgIpc) is 2.40. The van der Waals surface area contributed by atoms with Gasteiger partial charge in [0.2, 0.25) is 5.91 Å².